The van der Waals surface area contributed by atoms with Crippen LogP contribution in [0.4, 0.5) is 11.8 Å². The van der Waals surface area contributed by atoms with E-state index in [9.17, 15) is 0 Å². The van der Waals surface area contributed by atoms with Gasteiger partial charge in [-0.05, 0) is 31.0 Å². The zero-order valence-electron chi connectivity index (χ0n) is 12.1. The standard InChI is InChI=1S/C15H19N5O/c1-11-9-14(19-15(16)18-11)20-7-2-8-21-10-13(20)12-3-5-17-6-4-12/h3-6,9,13H,2,7-8,10H2,1H3,(H2,16,18,19). The van der Waals surface area contributed by atoms with Crippen LogP contribution in [-0.2, 0) is 4.74 Å². The summed E-state index contributed by atoms with van der Waals surface area (Å²) in [4.78, 5) is 14.9. The molecule has 6 nitrogen and oxygen atoms in total. The van der Waals surface area contributed by atoms with E-state index in [0.717, 1.165) is 31.1 Å². The van der Waals surface area contributed by atoms with E-state index in [1.165, 1.54) is 5.56 Å². The van der Waals surface area contributed by atoms with Gasteiger partial charge < -0.3 is 15.4 Å². The Labute approximate surface area is 124 Å². The van der Waals surface area contributed by atoms with Crippen LogP contribution >= 0.6 is 0 Å². The van der Waals surface area contributed by atoms with Gasteiger partial charge in [-0.25, -0.2) is 4.98 Å². The second-order valence-corrected chi connectivity index (χ2v) is 5.14. The van der Waals surface area contributed by atoms with E-state index < -0.39 is 0 Å². The fraction of sp³-hybridized carbons (Fsp3) is 0.400. The number of aromatic nitrogens is 3. The van der Waals surface area contributed by atoms with Crippen LogP contribution in [0.1, 0.15) is 23.7 Å². The van der Waals surface area contributed by atoms with E-state index in [0.29, 0.717) is 12.6 Å². The van der Waals surface area contributed by atoms with E-state index in [1.807, 2.05) is 25.1 Å². The molecule has 110 valence electrons. The number of hydrogen-bond donors (Lipinski definition) is 1. The Morgan fingerprint density at radius 2 is 2.10 bits per heavy atom. The first-order valence-corrected chi connectivity index (χ1v) is 7.09. The molecule has 1 atom stereocenters. The molecule has 1 unspecified atom stereocenters. The summed E-state index contributed by atoms with van der Waals surface area (Å²) >= 11 is 0. The lowest BCUT2D eigenvalue weighted by Gasteiger charge is -2.30. The molecule has 1 fully saturated rings. The van der Waals surface area contributed by atoms with Crippen LogP contribution in [0.3, 0.4) is 0 Å². The fourth-order valence-electron chi connectivity index (χ4n) is 2.64. The summed E-state index contributed by atoms with van der Waals surface area (Å²) in [5.74, 6) is 1.16. The highest BCUT2D eigenvalue weighted by Crippen LogP contribution is 2.28. The van der Waals surface area contributed by atoms with Crippen molar-refractivity contribution in [2.45, 2.75) is 19.4 Å². The summed E-state index contributed by atoms with van der Waals surface area (Å²) < 4.78 is 5.74. The molecule has 3 rings (SSSR count). The SMILES string of the molecule is Cc1cc(N2CCCOCC2c2ccncc2)nc(N)n1. The Morgan fingerprint density at radius 3 is 2.86 bits per heavy atom. The number of aryl methyl sites for hydroxylation is 1. The molecule has 0 radical (unpaired) electrons. The van der Waals surface area contributed by atoms with Gasteiger partial charge in [-0.15, -0.1) is 0 Å². The fourth-order valence-corrected chi connectivity index (χ4v) is 2.64. The molecule has 21 heavy (non-hydrogen) atoms. The van der Waals surface area contributed by atoms with Gasteiger partial charge >= 0.3 is 0 Å². The van der Waals surface area contributed by atoms with Crippen LogP contribution in [0.15, 0.2) is 30.6 Å². The van der Waals surface area contributed by atoms with Gasteiger partial charge in [-0.2, -0.15) is 4.98 Å². The number of anilines is 2. The number of nitrogen functional groups attached to an aromatic ring is 1. The van der Waals surface area contributed by atoms with Gasteiger partial charge in [0.05, 0.1) is 12.6 Å². The highest BCUT2D eigenvalue weighted by Gasteiger charge is 2.24. The first-order chi connectivity index (χ1) is 10.2. The van der Waals surface area contributed by atoms with Crippen molar-refractivity contribution < 1.29 is 4.74 Å². The van der Waals surface area contributed by atoms with Gasteiger partial charge in [-0.1, -0.05) is 0 Å². The van der Waals surface area contributed by atoms with E-state index in [4.69, 9.17) is 10.5 Å². The minimum absolute atomic E-state index is 0.115. The zero-order chi connectivity index (χ0) is 14.7. The van der Waals surface area contributed by atoms with Crippen molar-refractivity contribution in [2.75, 3.05) is 30.4 Å². The van der Waals surface area contributed by atoms with Crippen molar-refractivity contribution in [2.24, 2.45) is 0 Å². The summed E-state index contributed by atoms with van der Waals surface area (Å²) in [6.45, 7) is 4.20. The number of nitrogens with two attached hydrogens (primary N) is 1. The summed E-state index contributed by atoms with van der Waals surface area (Å²) in [6, 6.07) is 6.12. The normalized spacial score (nSPS) is 19.3. The Morgan fingerprint density at radius 1 is 1.29 bits per heavy atom. The van der Waals surface area contributed by atoms with Crippen LogP contribution in [0.2, 0.25) is 0 Å². The van der Waals surface area contributed by atoms with Gasteiger partial charge in [0.2, 0.25) is 5.95 Å². The zero-order valence-corrected chi connectivity index (χ0v) is 12.1. The molecule has 1 saturated heterocycles. The maximum absolute atomic E-state index is 5.80. The van der Waals surface area contributed by atoms with Gasteiger partial charge in [-0.3, -0.25) is 4.98 Å². The molecule has 1 aliphatic rings. The smallest absolute Gasteiger partial charge is 0.222 e. The van der Waals surface area contributed by atoms with E-state index in [1.54, 1.807) is 12.4 Å². The van der Waals surface area contributed by atoms with Crippen molar-refractivity contribution in [3.63, 3.8) is 0 Å². The number of pyridine rings is 1. The Balaban J connectivity index is 1.99. The minimum atomic E-state index is 0.115. The lowest BCUT2D eigenvalue weighted by atomic mass is 10.1. The van der Waals surface area contributed by atoms with Crippen molar-refractivity contribution in [3.8, 4) is 0 Å². The van der Waals surface area contributed by atoms with Crippen LogP contribution in [0.5, 0.6) is 0 Å². The third-order valence-corrected chi connectivity index (χ3v) is 3.58. The summed E-state index contributed by atoms with van der Waals surface area (Å²) in [7, 11) is 0. The molecule has 2 aromatic rings. The van der Waals surface area contributed by atoms with Crippen molar-refractivity contribution in [1.29, 1.82) is 0 Å². The van der Waals surface area contributed by atoms with E-state index >= 15 is 0 Å². The molecule has 1 aliphatic heterocycles. The van der Waals surface area contributed by atoms with Gasteiger partial charge in [0.15, 0.2) is 0 Å². The largest absolute Gasteiger partial charge is 0.379 e. The topological polar surface area (TPSA) is 77.2 Å². The summed E-state index contributed by atoms with van der Waals surface area (Å²) in [5.41, 5.74) is 7.84. The monoisotopic (exact) mass is 285 g/mol. The maximum atomic E-state index is 5.80. The molecule has 0 amide bonds. The molecular formula is C15H19N5O. The Kier molecular flexibility index (Phi) is 3.96. The molecule has 0 spiro atoms. The quantitative estimate of drug-likeness (QED) is 0.905. The van der Waals surface area contributed by atoms with Gasteiger partial charge in [0.1, 0.15) is 5.82 Å². The third kappa shape index (κ3) is 3.11. The average molecular weight is 285 g/mol. The minimum Gasteiger partial charge on any atom is -0.379 e. The Bertz CT molecular complexity index is 584. The summed E-state index contributed by atoms with van der Waals surface area (Å²) in [5, 5.41) is 0. The molecular weight excluding hydrogens is 266 g/mol. The van der Waals surface area contributed by atoms with Crippen LogP contribution in [0, 0.1) is 6.92 Å². The van der Waals surface area contributed by atoms with Gasteiger partial charge in [0, 0.05) is 37.3 Å². The molecule has 3 heterocycles. The first-order valence-electron chi connectivity index (χ1n) is 7.09. The molecule has 2 aromatic heterocycles. The highest BCUT2D eigenvalue weighted by atomic mass is 16.5. The summed E-state index contributed by atoms with van der Waals surface area (Å²) in [6.07, 6.45) is 4.57. The van der Waals surface area contributed by atoms with Crippen molar-refractivity contribution in [1.82, 2.24) is 15.0 Å². The van der Waals surface area contributed by atoms with E-state index in [2.05, 4.69) is 19.9 Å². The number of nitrogens with zero attached hydrogens (tertiary/aromatic N) is 4. The predicted molar refractivity (Wildman–Crippen MR) is 80.9 cm³/mol. The molecule has 0 aromatic carbocycles. The lowest BCUT2D eigenvalue weighted by molar-refractivity contribution is 0.134. The number of hydrogen-bond acceptors (Lipinski definition) is 6. The third-order valence-electron chi connectivity index (χ3n) is 3.58. The maximum Gasteiger partial charge on any atom is 0.222 e. The average Bonchev–Trinajstić information content (AvgIpc) is 2.73. The molecule has 2 N–H and O–H groups in total. The van der Waals surface area contributed by atoms with Crippen LogP contribution in [0.25, 0.3) is 0 Å². The first kappa shape index (κ1) is 13.8. The van der Waals surface area contributed by atoms with Crippen LogP contribution < -0.4 is 10.6 Å². The van der Waals surface area contributed by atoms with Crippen molar-refractivity contribution in [3.05, 3.63) is 41.9 Å². The highest BCUT2D eigenvalue weighted by molar-refractivity contribution is 5.46. The molecule has 0 saturated carbocycles. The van der Waals surface area contributed by atoms with Crippen molar-refractivity contribution >= 4 is 11.8 Å². The second kappa shape index (κ2) is 6.05. The predicted octanol–water partition coefficient (Wildman–Crippen LogP) is 1.73. The van der Waals surface area contributed by atoms with Gasteiger partial charge in [0.25, 0.3) is 0 Å². The lowest BCUT2D eigenvalue weighted by Crippen LogP contribution is -2.31. The molecule has 6 heteroatoms. The Hall–Kier alpha value is -2.21. The number of ether oxygens (including phenoxy) is 1. The number of rotatable bonds is 2. The van der Waals surface area contributed by atoms with E-state index in [-0.39, 0.29) is 6.04 Å². The van der Waals surface area contributed by atoms with Crippen LogP contribution in [-0.4, -0.2) is 34.7 Å². The second-order valence-electron chi connectivity index (χ2n) is 5.14. The molecule has 0 aliphatic carbocycles. The molecule has 0 bridgehead atoms.